The molecule has 1 aliphatic carbocycles. The van der Waals surface area contributed by atoms with E-state index in [1.54, 1.807) is 0 Å². The lowest BCUT2D eigenvalue weighted by atomic mass is 9.82. The Morgan fingerprint density at radius 3 is 2.65 bits per heavy atom. The predicted molar refractivity (Wildman–Crippen MR) is 66.5 cm³/mol. The van der Waals surface area contributed by atoms with Crippen LogP contribution >= 0.6 is 0 Å². The molecule has 2 rings (SSSR count). The van der Waals surface area contributed by atoms with Gasteiger partial charge in [0, 0.05) is 0 Å². The molecule has 5 nitrogen and oxygen atoms in total. The average molecular weight is 237 g/mol. The molecule has 17 heavy (non-hydrogen) atoms. The van der Waals surface area contributed by atoms with Crippen molar-refractivity contribution in [3.8, 4) is 0 Å². The van der Waals surface area contributed by atoms with Crippen LogP contribution in [-0.2, 0) is 0 Å². The lowest BCUT2D eigenvalue weighted by Crippen LogP contribution is -2.31. The topological polar surface area (TPSA) is 55.6 Å². The van der Waals surface area contributed by atoms with E-state index in [1.807, 2.05) is 4.68 Å². The first-order chi connectivity index (χ1) is 8.08. The smallest absolute Gasteiger partial charge is 0.168 e. The maximum absolute atomic E-state index is 4.16. The van der Waals surface area contributed by atoms with Gasteiger partial charge >= 0.3 is 0 Å². The SMILES string of the molecule is CC(C)CNC(C)c1nnnn1C1CC(C)C1. The summed E-state index contributed by atoms with van der Waals surface area (Å²) in [7, 11) is 0. The highest BCUT2D eigenvalue weighted by Crippen LogP contribution is 2.37. The molecule has 0 aliphatic heterocycles. The third kappa shape index (κ3) is 2.83. The second-order valence-corrected chi connectivity index (χ2v) is 5.74. The van der Waals surface area contributed by atoms with Crippen LogP contribution < -0.4 is 5.32 Å². The molecule has 1 aliphatic rings. The molecule has 1 atom stereocenters. The standard InChI is InChI=1S/C12H23N5/c1-8(2)7-13-10(4)12-14-15-16-17(12)11-5-9(3)6-11/h8-11,13H,5-7H2,1-4H3. The van der Waals surface area contributed by atoms with Crippen LogP contribution in [0.3, 0.4) is 0 Å². The molecule has 1 saturated carbocycles. The van der Waals surface area contributed by atoms with Gasteiger partial charge in [-0.2, -0.15) is 0 Å². The molecule has 1 N–H and O–H groups in total. The van der Waals surface area contributed by atoms with E-state index in [4.69, 9.17) is 0 Å². The van der Waals surface area contributed by atoms with Crippen LogP contribution in [0.1, 0.15) is 58.4 Å². The fourth-order valence-corrected chi connectivity index (χ4v) is 2.31. The van der Waals surface area contributed by atoms with Gasteiger partial charge < -0.3 is 5.32 Å². The van der Waals surface area contributed by atoms with E-state index in [-0.39, 0.29) is 6.04 Å². The van der Waals surface area contributed by atoms with Crippen LogP contribution in [0.4, 0.5) is 0 Å². The highest BCUT2D eigenvalue weighted by molar-refractivity contribution is 4.95. The van der Waals surface area contributed by atoms with Crippen molar-refractivity contribution in [2.45, 2.75) is 52.6 Å². The maximum atomic E-state index is 4.16. The molecule has 0 saturated heterocycles. The monoisotopic (exact) mass is 237 g/mol. The molecular weight excluding hydrogens is 214 g/mol. The summed E-state index contributed by atoms with van der Waals surface area (Å²) < 4.78 is 2.01. The van der Waals surface area contributed by atoms with Gasteiger partial charge in [0.15, 0.2) is 5.82 Å². The summed E-state index contributed by atoms with van der Waals surface area (Å²) in [6, 6.07) is 0.738. The minimum atomic E-state index is 0.225. The summed E-state index contributed by atoms with van der Waals surface area (Å²) in [5.74, 6) is 2.43. The Bertz CT molecular complexity index is 354. The molecule has 1 fully saturated rings. The van der Waals surface area contributed by atoms with Crippen molar-refractivity contribution < 1.29 is 0 Å². The highest BCUT2D eigenvalue weighted by Gasteiger charge is 2.30. The summed E-state index contributed by atoms with van der Waals surface area (Å²) in [6.07, 6.45) is 2.41. The average Bonchev–Trinajstić information content (AvgIpc) is 2.69. The number of aromatic nitrogens is 4. The van der Waals surface area contributed by atoms with Gasteiger partial charge in [0.1, 0.15) is 0 Å². The van der Waals surface area contributed by atoms with Gasteiger partial charge in [0.25, 0.3) is 0 Å². The summed E-state index contributed by atoms with van der Waals surface area (Å²) >= 11 is 0. The molecule has 1 aromatic rings. The van der Waals surface area contributed by atoms with Gasteiger partial charge in [-0.15, -0.1) is 5.10 Å². The van der Waals surface area contributed by atoms with Crippen molar-refractivity contribution in [2.24, 2.45) is 11.8 Å². The van der Waals surface area contributed by atoms with Crippen molar-refractivity contribution >= 4 is 0 Å². The fraction of sp³-hybridized carbons (Fsp3) is 0.917. The first-order valence-corrected chi connectivity index (χ1v) is 6.59. The molecular formula is C12H23N5. The molecule has 0 amide bonds. The second kappa shape index (κ2) is 5.12. The first kappa shape index (κ1) is 12.5. The number of hydrogen-bond donors (Lipinski definition) is 1. The maximum Gasteiger partial charge on any atom is 0.168 e. The Kier molecular flexibility index (Phi) is 3.76. The molecule has 0 spiro atoms. The Morgan fingerprint density at radius 2 is 2.06 bits per heavy atom. The molecule has 1 unspecified atom stereocenters. The minimum Gasteiger partial charge on any atom is -0.307 e. The van der Waals surface area contributed by atoms with Crippen molar-refractivity contribution in [3.63, 3.8) is 0 Å². The summed E-state index contributed by atoms with van der Waals surface area (Å²) in [4.78, 5) is 0. The zero-order valence-corrected chi connectivity index (χ0v) is 11.2. The Labute approximate surface area is 103 Å². The van der Waals surface area contributed by atoms with Gasteiger partial charge in [0.2, 0.25) is 0 Å². The van der Waals surface area contributed by atoms with Gasteiger partial charge in [-0.05, 0) is 48.6 Å². The van der Waals surface area contributed by atoms with E-state index >= 15 is 0 Å². The number of hydrogen-bond acceptors (Lipinski definition) is 4. The second-order valence-electron chi connectivity index (χ2n) is 5.74. The van der Waals surface area contributed by atoms with Crippen molar-refractivity contribution in [2.75, 3.05) is 6.54 Å². The van der Waals surface area contributed by atoms with E-state index in [2.05, 4.69) is 48.5 Å². The van der Waals surface area contributed by atoms with Gasteiger partial charge in [-0.3, -0.25) is 0 Å². The van der Waals surface area contributed by atoms with Gasteiger partial charge in [-0.25, -0.2) is 4.68 Å². The minimum absolute atomic E-state index is 0.225. The van der Waals surface area contributed by atoms with Crippen molar-refractivity contribution in [1.82, 2.24) is 25.5 Å². The number of tetrazole rings is 1. The van der Waals surface area contributed by atoms with Crippen molar-refractivity contribution in [3.05, 3.63) is 5.82 Å². The Hall–Kier alpha value is -0.970. The van der Waals surface area contributed by atoms with E-state index < -0.39 is 0 Å². The molecule has 1 heterocycles. The molecule has 0 radical (unpaired) electrons. The largest absolute Gasteiger partial charge is 0.307 e. The summed E-state index contributed by atoms with van der Waals surface area (Å²) in [5.41, 5.74) is 0. The fourth-order valence-electron chi connectivity index (χ4n) is 2.31. The normalized spacial score (nSPS) is 25.9. The molecule has 96 valence electrons. The summed E-state index contributed by atoms with van der Waals surface area (Å²) in [6.45, 7) is 9.81. The molecule has 0 aromatic carbocycles. The number of rotatable bonds is 5. The van der Waals surface area contributed by atoms with Crippen molar-refractivity contribution in [1.29, 1.82) is 0 Å². The molecule has 1 aromatic heterocycles. The van der Waals surface area contributed by atoms with Crippen LogP contribution in [0, 0.1) is 11.8 Å². The van der Waals surface area contributed by atoms with E-state index in [9.17, 15) is 0 Å². The zero-order valence-electron chi connectivity index (χ0n) is 11.2. The lowest BCUT2D eigenvalue weighted by Gasteiger charge is -2.33. The van der Waals surface area contributed by atoms with Gasteiger partial charge in [-0.1, -0.05) is 20.8 Å². The number of nitrogens with one attached hydrogen (secondary N) is 1. The van der Waals surface area contributed by atoms with E-state index in [0.29, 0.717) is 12.0 Å². The Morgan fingerprint density at radius 1 is 1.35 bits per heavy atom. The first-order valence-electron chi connectivity index (χ1n) is 6.59. The third-order valence-corrected chi connectivity index (χ3v) is 3.43. The predicted octanol–water partition coefficient (Wildman–Crippen LogP) is 1.95. The lowest BCUT2D eigenvalue weighted by molar-refractivity contribution is 0.190. The van der Waals surface area contributed by atoms with Crippen LogP contribution in [0.15, 0.2) is 0 Å². The van der Waals surface area contributed by atoms with E-state index in [0.717, 1.165) is 18.3 Å². The van der Waals surface area contributed by atoms with Crippen LogP contribution in [-0.4, -0.2) is 26.8 Å². The van der Waals surface area contributed by atoms with Crippen LogP contribution in [0.25, 0.3) is 0 Å². The van der Waals surface area contributed by atoms with Crippen LogP contribution in [0.5, 0.6) is 0 Å². The highest BCUT2D eigenvalue weighted by atomic mass is 15.6. The molecule has 0 bridgehead atoms. The summed E-state index contributed by atoms with van der Waals surface area (Å²) in [5, 5.41) is 15.6. The zero-order chi connectivity index (χ0) is 12.4. The van der Waals surface area contributed by atoms with Crippen LogP contribution in [0.2, 0.25) is 0 Å². The molecule has 5 heteroatoms. The third-order valence-electron chi connectivity index (χ3n) is 3.43. The number of nitrogens with zero attached hydrogens (tertiary/aromatic N) is 4. The Balaban J connectivity index is 1.98. The quantitative estimate of drug-likeness (QED) is 0.850. The van der Waals surface area contributed by atoms with E-state index in [1.165, 1.54) is 12.8 Å². The van der Waals surface area contributed by atoms with Gasteiger partial charge in [0.05, 0.1) is 12.1 Å².